The molecule has 0 radical (unpaired) electrons. The quantitative estimate of drug-likeness (QED) is 0.673. The fourth-order valence-corrected chi connectivity index (χ4v) is 2.07. The molecule has 2 atom stereocenters. The zero-order valence-electron chi connectivity index (χ0n) is 12.8. The minimum absolute atomic E-state index is 0.0305. The molecular formula is C16H21N4O2+. The number of para-hydroxylation sites is 1. The van der Waals surface area contributed by atoms with Crippen molar-refractivity contribution in [3.05, 3.63) is 29.8 Å². The van der Waals surface area contributed by atoms with E-state index in [2.05, 4.69) is 10.6 Å². The van der Waals surface area contributed by atoms with Crippen molar-refractivity contribution < 1.29 is 14.5 Å². The number of likely N-dealkylation sites (N-methyl/N-ethyl adjacent to an activating group) is 1. The first-order chi connectivity index (χ1) is 10.5. The van der Waals surface area contributed by atoms with Gasteiger partial charge in [-0.05, 0) is 31.9 Å². The van der Waals surface area contributed by atoms with Crippen molar-refractivity contribution in [1.29, 1.82) is 5.26 Å². The summed E-state index contributed by atoms with van der Waals surface area (Å²) < 4.78 is 0. The number of hydrogen-bond acceptors (Lipinski definition) is 3. The Balaban J connectivity index is 1.90. The number of nitrogens with zero attached hydrogens (tertiary/aromatic N) is 1. The summed E-state index contributed by atoms with van der Waals surface area (Å²) in [7, 11) is 1.81. The van der Waals surface area contributed by atoms with Crippen LogP contribution in [0.3, 0.4) is 0 Å². The zero-order chi connectivity index (χ0) is 16.1. The second-order valence-corrected chi connectivity index (χ2v) is 5.73. The second kappa shape index (κ2) is 7.05. The molecule has 2 rings (SSSR count). The van der Waals surface area contributed by atoms with Crippen molar-refractivity contribution in [3.8, 4) is 6.07 Å². The van der Waals surface area contributed by atoms with Gasteiger partial charge in [0.25, 0.3) is 11.8 Å². The lowest BCUT2D eigenvalue weighted by Crippen LogP contribution is -3.15. The predicted octanol–water partition coefficient (Wildman–Crippen LogP) is -0.321. The number of carbonyl (C=O) groups is 2. The molecule has 0 aromatic heterocycles. The Hall–Kier alpha value is -2.39. The zero-order valence-corrected chi connectivity index (χ0v) is 12.8. The summed E-state index contributed by atoms with van der Waals surface area (Å²) >= 11 is 0. The minimum Gasteiger partial charge on any atom is -0.348 e. The number of nitrogens with one attached hydrogen (secondary N) is 3. The van der Waals surface area contributed by atoms with Crippen LogP contribution in [0.1, 0.15) is 25.3 Å². The Morgan fingerprint density at radius 3 is 2.73 bits per heavy atom. The highest BCUT2D eigenvalue weighted by atomic mass is 16.2. The SMILES string of the molecule is C[C@@H](C(=O)Nc1ccccc1C#N)[NH+](C)CC(=O)NC1CC1. The van der Waals surface area contributed by atoms with E-state index in [-0.39, 0.29) is 18.4 Å². The van der Waals surface area contributed by atoms with Gasteiger partial charge in [-0.15, -0.1) is 0 Å². The highest BCUT2D eigenvalue weighted by Crippen LogP contribution is 2.18. The molecule has 1 aromatic carbocycles. The molecular weight excluding hydrogens is 280 g/mol. The number of hydrogen-bond donors (Lipinski definition) is 3. The molecule has 0 spiro atoms. The molecule has 1 aliphatic carbocycles. The monoisotopic (exact) mass is 301 g/mol. The number of carbonyl (C=O) groups excluding carboxylic acids is 2. The summed E-state index contributed by atoms with van der Waals surface area (Å²) in [5.74, 6) is -0.239. The van der Waals surface area contributed by atoms with Crippen molar-refractivity contribution in [2.45, 2.75) is 31.8 Å². The van der Waals surface area contributed by atoms with Crippen LogP contribution in [-0.4, -0.2) is 37.5 Å². The van der Waals surface area contributed by atoms with Crippen LogP contribution >= 0.6 is 0 Å². The molecule has 2 amide bonds. The van der Waals surface area contributed by atoms with Gasteiger partial charge in [0.05, 0.1) is 18.3 Å². The number of rotatable bonds is 6. The summed E-state index contributed by atoms with van der Waals surface area (Å²) in [5.41, 5.74) is 0.921. The van der Waals surface area contributed by atoms with Crippen LogP contribution in [0.25, 0.3) is 0 Å². The molecule has 6 heteroatoms. The van der Waals surface area contributed by atoms with Gasteiger partial charge in [0.1, 0.15) is 6.07 Å². The Morgan fingerprint density at radius 2 is 2.09 bits per heavy atom. The van der Waals surface area contributed by atoms with Crippen molar-refractivity contribution >= 4 is 17.5 Å². The lowest BCUT2D eigenvalue weighted by molar-refractivity contribution is -0.885. The van der Waals surface area contributed by atoms with E-state index >= 15 is 0 Å². The third-order valence-electron chi connectivity index (χ3n) is 3.82. The normalized spacial score (nSPS) is 16.2. The number of nitriles is 1. The summed E-state index contributed by atoms with van der Waals surface area (Å²) in [5, 5.41) is 14.7. The molecule has 0 aliphatic heterocycles. The van der Waals surface area contributed by atoms with Gasteiger partial charge in [0, 0.05) is 6.04 Å². The fourth-order valence-electron chi connectivity index (χ4n) is 2.07. The van der Waals surface area contributed by atoms with E-state index in [0.29, 0.717) is 17.3 Å². The highest BCUT2D eigenvalue weighted by Gasteiger charge is 2.28. The Kier molecular flexibility index (Phi) is 5.12. The molecule has 22 heavy (non-hydrogen) atoms. The van der Waals surface area contributed by atoms with Crippen molar-refractivity contribution in [1.82, 2.24) is 5.32 Å². The van der Waals surface area contributed by atoms with Gasteiger partial charge in [-0.25, -0.2) is 0 Å². The molecule has 1 aliphatic rings. The topological polar surface area (TPSA) is 86.4 Å². The maximum absolute atomic E-state index is 12.3. The summed E-state index contributed by atoms with van der Waals surface area (Å²) in [6.45, 7) is 2.02. The van der Waals surface area contributed by atoms with Gasteiger partial charge in [0.2, 0.25) is 0 Å². The molecule has 116 valence electrons. The third-order valence-corrected chi connectivity index (χ3v) is 3.82. The van der Waals surface area contributed by atoms with E-state index < -0.39 is 6.04 Å². The van der Waals surface area contributed by atoms with E-state index in [1.54, 1.807) is 31.2 Å². The van der Waals surface area contributed by atoms with E-state index in [1.807, 2.05) is 13.1 Å². The Bertz CT molecular complexity index is 604. The van der Waals surface area contributed by atoms with Gasteiger partial charge in [-0.3, -0.25) is 9.59 Å². The first kappa shape index (κ1) is 16.0. The first-order valence-corrected chi connectivity index (χ1v) is 7.43. The number of benzene rings is 1. The van der Waals surface area contributed by atoms with Crippen LogP contribution in [0.4, 0.5) is 5.69 Å². The average molecular weight is 301 g/mol. The molecule has 3 N–H and O–H groups in total. The van der Waals surface area contributed by atoms with Gasteiger partial charge in [-0.2, -0.15) is 5.26 Å². The van der Waals surface area contributed by atoms with Crippen LogP contribution in [0.5, 0.6) is 0 Å². The maximum Gasteiger partial charge on any atom is 0.282 e. The molecule has 1 fully saturated rings. The van der Waals surface area contributed by atoms with E-state index in [4.69, 9.17) is 5.26 Å². The lowest BCUT2D eigenvalue weighted by Gasteiger charge is -2.20. The van der Waals surface area contributed by atoms with Gasteiger partial charge >= 0.3 is 0 Å². The van der Waals surface area contributed by atoms with E-state index in [0.717, 1.165) is 17.7 Å². The summed E-state index contributed by atoms with van der Waals surface area (Å²) in [4.78, 5) is 24.9. The lowest BCUT2D eigenvalue weighted by atomic mass is 10.2. The van der Waals surface area contributed by atoms with Crippen molar-refractivity contribution in [2.75, 3.05) is 18.9 Å². The number of quaternary nitrogens is 1. The third kappa shape index (κ3) is 4.30. The van der Waals surface area contributed by atoms with E-state index in [1.165, 1.54) is 0 Å². The molecule has 1 unspecified atom stereocenters. The standard InChI is InChI=1S/C16H20N4O2/c1-11(20(2)10-15(21)18-13-7-8-13)16(22)19-14-6-4-3-5-12(14)9-17/h3-6,11,13H,7-8,10H2,1-2H3,(H,18,21)(H,19,22)/p+1/t11-/m0/s1. The molecule has 1 aromatic rings. The maximum atomic E-state index is 12.3. The largest absolute Gasteiger partial charge is 0.348 e. The molecule has 0 saturated heterocycles. The second-order valence-electron chi connectivity index (χ2n) is 5.73. The van der Waals surface area contributed by atoms with Gasteiger partial charge in [-0.1, -0.05) is 12.1 Å². The van der Waals surface area contributed by atoms with Crippen LogP contribution in [0, 0.1) is 11.3 Å². The molecule has 0 bridgehead atoms. The first-order valence-electron chi connectivity index (χ1n) is 7.43. The summed E-state index contributed by atoms with van der Waals surface area (Å²) in [6.07, 6.45) is 2.09. The van der Waals surface area contributed by atoms with Gasteiger partial charge < -0.3 is 15.5 Å². The molecule has 6 nitrogen and oxygen atoms in total. The van der Waals surface area contributed by atoms with Gasteiger partial charge in [0.15, 0.2) is 12.6 Å². The highest BCUT2D eigenvalue weighted by molar-refractivity contribution is 5.94. The van der Waals surface area contributed by atoms with Crippen LogP contribution in [0.2, 0.25) is 0 Å². The van der Waals surface area contributed by atoms with Crippen molar-refractivity contribution in [2.24, 2.45) is 0 Å². The van der Waals surface area contributed by atoms with Crippen LogP contribution in [0.15, 0.2) is 24.3 Å². The van der Waals surface area contributed by atoms with E-state index in [9.17, 15) is 9.59 Å². The Labute approximate surface area is 130 Å². The number of amides is 2. The minimum atomic E-state index is -0.392. The fraction of sp³-hybridized carbons (Fsp3) is 0.438. The van der Waals surface area contributed by atoms with Crippen LogP contribution in [-0.2, 0) is 9.59 Å². The summed E-state index contributed by atoms with van der Waals surface area (Å²) in [6, 6.07) is 8.84. The average Bonchev–Trinajstić information content (AvgIpc) is 3.30. The van der Waals surface area contributed by atoms with Crippen LogP contribution < -0.4 is 15.5 Å². The van der Waals surface area contributed by atoms with Crippen molar-refractivity contribution in [3.63, 3.8) is 0 Å². The molecule has 1 saturated carbocycles. The smallest absolute Gasteiger partial charge is 0.282 e. The Morgan fingerprint density at radius 1 is 1.41 bits per heavy atom. The number of anilines is 1. The molecule has 0 heterocycles. The predicted molar refractivity (Wildman–Crippen MR) is 82.2 cm³/mol.